The molecule has 0 aliphatic rings. The summed E-state index contributed by atoms with van der Waals surface area (Å²) < 4.78 is 1.04. The van der Waals surface area contributed by atoms with Crippen LogP contribution in [0.25, 0.3) is 10.2 Å². The summed E-state index contributed by atoms with van der Waals surface area (Å²) in [7, 11) is 0. The minimum absolute atomic E-state index is 0.315. The average molecular weight is 299 g/mol. The minimum atomic E-state index is -0.902. The molecule has 0 unspecified atom stereocenters. The van der Waals surface area contributed by atoms with Gasteiger partial charge in [-0.3, -0.25) is 0 Å². The van der Waals surface area contributed by atoms with Gasteiger partial charge in [0, 0.05) is 6.54 Å². The van der Waals surface area contributed by atoms with E-state index in [1.807, 2.05) is 17.5 Å². The predicted octanol–water partition coefficient (Wildman–Crippen LogP) is 3.04. The number of aromatic nitrogens is 2. The van der Waals surface area contributed by atoms with Gasteiger partial charge < -0.3 is 10.4 Å². The van der Waals surface area contributed by atoms with E-state index in [2.05, 4.69) is 15.3 Å². The first-order chi connectivity index (χ1) is 10.2. The van der Waals surface area contributed by atoms with Crippen LogP contribution in [0.15, 0.2) is 42.0 Å². The molecule has 0 aliphatic carbocycles. The molecular weight excluding hydrogens is 286 g/mol. The Morgan fingerprint density at radius 2 is 2.19 bits per heavy atom. The molecular formula is C15H13N3O2S. The minimum Gasteiger partial charge on any atom is -0.478 e. The molecule has 0 amide bonds. The number of hydrogen-bond donors (Lipinski definition) is 2. The number of aromatic carboxylic acids is 1. The SMILES string of the molecule is O=C(O)c1cccc(CCNc2ncnc3ccsc23)c1. The van der Waals surface area contributed by atoms with Gasteiger partial charge in [0.05, 0.1) is 15.8 Å². The lowest BCUT2D eigenvalue weighted by Gasteiger charge is -2.06. The summed E-state index contributed by atoms with van der Waals surface area (Å²) >= 11 is 1.60. The summed E-state index contributed by atoms with van der Waals surface area (Å²) in [6.07, 6.45) is 2.28. The average Bonchev–Trinajstić information content (AvgIpc) is 2.97. The Kier molecular flexibility index (Phi) is 3.79. The van der Waals surface area contributed by atoms with Crippen LogP contribution in [-0.2, 0) is 6.42 Å². The number of hydrogen-bond acceptors (Lipinski definition) is 5. The third-order valence-corrected chi connectivity index (χ3v) is 4.03. The van der Waals surface area contributed by atoms with Crippen molar-refractivity contribution in [2.24, 2.45) is 0 Å². The zero-order valence-electron chi connectivity index (χ0n) is 11.1. The molecule has 2 N–H and O–H groups in total. The second kappa shape index (κ2) is 5.88. The summed E-state index contributed by atoms with van der Waals surface area (Å²) in [5, 5.41) is 14.2. The van der Waals surface area contributed by atoms with Crippen LogP contribution >= 0.6 is 11.3 Å². The van der Waals surface area contributed by atoms with Gasteiger partial charge in [-0.25, -0.2) is 14.8 Å². The number of nitrogens with zero attached hydrogens (tertiary/aromatic N) is 2. The van der Waals surface area contributed by atoms with Crippen molar-refractivity contribution < 1.29 is 9.90 Å². The predicted molar refractivity (Wildman–Crippen MR) is 83.0 cm³/mol. The van der Waals surface area contributed by atoms with Crippen molar-refractivity contribution in [3.8, 4) is 0 Å². The molecule has 5 nitrogen and oxygen atoms in total. The number of benzene rings is 1. The van der Waals surface area contributed by atoms with Gasteiger partial charge in [0.25, 0.3) is 0 Å². The fourth-order valence-corrected chi connectivity index (χ4v) is 2.91. The molecule has 3 rings (SSSR count). The van der Waals surface area contributed by atoms with Crippen LogP contribution in [0.3, 0.4) is 0 Å². The van der Waals surface area contributed by atoms with Gasteiger partial charge in [-0.2, -0.15) is 0 Å². The number of anilines is 1. The standard InChI is InChI=1S/C15H13N3O2S/c19-15(20)11-3-1-2-10(8-11)4-6-16-14-13-12(5-7-21-13)17-9-18-14/h1-3,5,7-9H,4,6H2,(H,19,20)(H,16,17,18). The fraction of sp³-hybridized carbons (Fsp3) is 0.133. The van der Waals surface area contributed by atoms with Crippen LogP contribution in [0.2, 0.25) is 0 Å². The van der Waals surface area contributed by atoms with Crippen molar-refractivity contribution in [1.29, 1.82) is 0 Å². The van der Waals surface area contributed by atoms with Gasteiger partial charge in [0.15, 0.2) is 0 Å². The smallest absolute Gasteiger partial charge is 0.335 e. The van der Waals surface area contributed by atoms with Crippen molar-refractivity contribution in [1.82, 2.24) is 9.97 Å². The Hall–Kier alpha value is -2.47. The summed E-state index contributed by atoms with van der Waals surface area (Å²) in [4.78, 5) is 19.4. The molecule has 3 aromatic rings. The number of nitrogens with one attached hydrogen (secondary N) is 1. The summed E-state index contributed by atoms with van der Waals surface area (Å²) in [5.41, 5.74) is 2.24. The lowest BCUT2D eigenvalue weighted by Crippen LogP contribution is -2.07. The maximum atomic E-state index is 10.9. The maximum absolute atomic E-state index is 10.9. The van der Waals surface area contributed by atoms with E-state index in [-0.39, 0.29) is 0 Å². The lowest BCUT2D eigenvalue weighted by molar-refractivity contribution is 0.0697. The van der Waals surface area contributed by atoms with Crippen molar-refractivity contribution in [2.75, 3.05) is 11.9 Å². The Bertz CT molecular complexity index is 785. The molecule has 1 aromatic carbocycles. The fourth-order valence-electron chi connectivity index (χ4n) is 2.10. The van der Waals surface area contributed by atoms with Crippen LogP contribution in [0.5, 0.6) is 0 Å². The molecule has 0 radical (unpaired) electrons. The summed E-state index contributed by atoms with van der Waals surface area (Å²) in [6.45, 7) is 0.688. The van der Waals surface area contributed by atoms with E-state index in [1.54, 1.807) is 35.9 Å². The molecule has 0 saturated carbocycles. The van der Waals surface area contributed by atoms with Crippen molar-refractivity contribution in [2.45, 2.75) is 6.42 Å². The van der Waals surface area contributed by atoms with Crippen molar-refractivity contribution >= 4 is 33.3 Å². The van der Waals surface area contributed by atoms with Gasteiger partial charge in [-0.15, -0.1) is 11.3 Å². The van der Waals surface area contributed by atoms with Gasteiger partial charge in [-0.1, -0.05) is 12.1 Å². The van der Waals surface area contributed by atoms with E-state index in [4.69, 9.17) is 5.11 Å². The van der Waals surface area contributed by atoms with Crippen LogP contribution in [-0.4, -0.2) is 27.6 Å². The van der Waals surface area contributed by atoms with Gasteiger partial charge in [0.2, 0.25) is 0 Å². The highest BCUT2D eigenvalue weighted by molar-refractivity contribution is 7.17. The van der Waals surface area contributed by atoms with Crippen LogP contribution < -0.4 is 5.32 Å². The first-order valence-electron chi connectivity index (χ1n) is 6.48. The number of fused-ring (bicyclic) bond motifs is 1. The lowest BCUT2D eigenvalue weighted by atomic mass is 10.1. The molecule has 2 aromatic heterocycles. The number of thiophene rings is 1. The van der Waals surface area contributed by atoms with Gasteiger partial charge >= 0.3 is 5.97 Å². The first-order valence-corrected chi connectivity index (χ1v) is 7.36. The van der Waals surface area contributed by atoms with E-state index in [0.29, 0.717) is 12.1 Å². The Morgan fingerprint density at radius 3 is 3.05 bits per heavy atom. The largest absolute Gasteiger partial charge is 0.478 e. The molecule has 6 heteroatoms. The molecule has 2 heterocycles. The van der Waals surface area contributed by atoms with Crippen LogP contribution in [0, 0.1) is 0 Å². The Balaban J connectivity index is 1.67. The highest BCUT2D eigenvalue weighted by atomic mass is 32.1. The molecule has 0 saturated heterocycles. The van der Waals surface area contributed by atoms with Crippen molar-refractivity contribution in [3.63, 3.8) is 0 Å². The molecule has 0 aliphatic heterocycles. The molecule has 0 fully saturated rings. The van der Waals surface area contributed by atoms with E-state index >= 15 is 0 Å². The zero-order valence-corrected chi connectivity index (χ0v) is 11.9. The molecule has 0 bridgehead atoms. The number of carboxylic acid groups (broad SMARTS) is 1. The number of rotatable bonds is 5. The third-order valence-electron chi connectivity index (χ3n) is 3.12. The molecule has 21 heavy (non-hydrogen) atoms. The van der Waals surface area contributed by atoms with E-state index in [0.717, 1.165) is 28.0 Å². The number of carbonyl (C=O) groups is 1. The quantitative estimate of drug-likeness (QED) is 0.757. The normalized spacial score (nSPS) is 10.7. The van der Waals surface area contributed by atoms with Crippen molar-refractivity contribution in [3.05, 3.63) is 53.2 Å². The van der Waals surface area contributed by atoms with Gasteiger partial charge in [-0.05, 0) is 35.6 Å². The van der Waals surface area contributed by atoms with Crippen LogP contribution in [0.4, 0.5) is 5.82 Å². The van der Waals surface area contributed by atoms with E-state index < -0.39 is 5.97 Å². The Morgan fingerprint density at radius 1 is 1.29 bits per heavy atom. The monoisotopic (exact) mass is 299 g/mol. The third kappa shape index (κ3) is 3.00. The first kappa shape index (κ1) is 13.5. The highest BCUT2D eigenvalue weighted by Crippen LogP contribution is 2.24. The summed E-state index contributed by atoms with van der Waals surface area (Å²) in [5.74, 6) is -0.0784. The maximum Gasteiger partial charge on any atom is 0.335 e. The van der Waals surface area contributed by atoms with Gasteiger partial charge in [0.1, 0.15) is 12.1 Å². The second-order valence-corrected chi connectivity index (χ2v) is 5.46. The highest BCUT2D eigenvalue weighted by Gasteiger charge is 2.05. The second-order valence-electron chi connectivity index (χ2n) is 4.54. The summed E-state index contributed by atoms with van der Waals surface area (Å²) in [6, 6.07) is 8.95. The molecule has 0 atom stereocenters. The van der Waals surface area contributed by atoms with Crippen LogP contribution in [0.1, 0.15) is 15.9 Å². The van der Waals surface area contributed by atoms with E-state index in [9.17, 15) is 4.79 Å². The molecule has 106 valence electrons. The zero-order chi connectivity index (χ0) is 14.7. The van der Waals surface area contributed by atoms with E-state index in [1.165, 1.54) is 0 Å². The molecule has 0 spiro atoms. The number of carboxylic acids is 1. The topological polar surface area (TPSA) is 75.1 Å². The Labute approximate surface area is 125 Å².